The number of rotatable bonds is 3. The Morgan fingerprint density at radius 1 is 1.18 bits per heavy atom. The number of benzene rings is 2. The van der Waals surface area contributed by atoms with Gasteiger partial charge < -0.3 is 15.7 Å². The largest absolute Gasteiger partial charge is 0.508 e. The van der Waals surface area contributed by atoms with Gasteiger partial charge in [-0.2, -0.15) is 0 Å². The van der Waals surface area contributed by atoms with Gasteiger partial charge in [-0.05, 0) is 41.8 Å². The highest BCUT2D eigenvalue weighted by atomic mass is 35.5. The molecule has 5 heteroatoms. The van der Waals surface area contributed by atoms with Crippen molar-refractivity contribution in [3.8, 4) is 5.75 Å². The topological polar surface area (TPSA) is 66.6 Å². The van der Waals surface area contributed by atoms with Crippen molar-refractivity contribution in [2.75, 3.05) is 6.54 Å². The van der Waals surface area contributed by atoms with E-state index in [1.807, 2.05) is 24.3 Å². The van der Waals surface area contributed by atoms with Crippen LogP contribution in [0.15, 0.2) is 48.5 Å². The summed E-state index contributed by atoms with van der Waals surface area (Å²) in [6, 6.07) is 13.6. The Labute approximate surface area is 134 Å². The van der Waals surface area contributed by atoms with E-state index in [-0.39, 0.29) is 17.7 Å². The number of nitrogens with zero attached hydrogens (tertiary/aromatic N) is 1. The van der Waals surface area contributed by atoms with E-state index in [9.17, 15) is 9.90 Å². The summed E-state index contributed by atoms with van der Waals surface area (Å²) in [4.78, 5) is 14.1. The third kappa shape index (κ3) is 2.80. The van der Waals surface area contributed by atoms with Crippen LogP contribution in [0.4, 0.5) is 0 Å². The van der Waals surface area contributed by atoms with Gasteiger partial charge in [0.15, 0.2) is 0 Å². The second kappa shape index (κ2) is 5.99. The third-order valence-electron chi connectivity index (χ3n) is 3.94. The number of phenols is 1. The number of halogens is 1. The number of carbonyl (C=O) groups excluding carboxylic acids is 1. The minimum Gasteiger partial charge on any atom is -0.508 e. The van der Waals surface area contributed by atoms with Crippen LogP contribution in [0.3, 0.4) is 0 Å². The Morgan fingerprint density at radius 3 is 2.45 bits per heavy atom. The maximum absolute atomic E-state index is 12.4. The minimum atomic E-state index is -0.459. The zero-order chi connectivity index (χ0) is 15.7. The molecule has 0 unspecified atom stereocenters. The van der Waals surface area contributed by atoms with Crippen molar-refractivity contribution in [2.24, 2.45) is 5.73 Å². The number of hydrogen-bond acceptors (Lipinski definition) is 3. The lowest BCUT2D eigenvalue weighted by Crippen LogP contribution is -2.37. The summed E-state index contributed by atoms with van der Waals surface area (Å²) >= 11 is 6.10. The van der Waals surface area contributed by atoms with Crippen LogP contribution >= 0.6 is 11.6 Å². The lowest BCUT2D eigenvalue weighted by molar-refractivity contribution is -0.130. The molecule has 0 spiro atoms. The summed E-state index contributed by atoms with van der Waals surface area (Å²) in [7, 11) is 0. The molecule has 1 aliphatic rings. The summed E-state index contributed by atoms with van der Waals surface area (Å²) in [5.41, 5.74) is 7.60. The normalized spacial score (nSPS) is 19.5. The van der Waals surface area contributed by atoms with Crippen molar-refractivity contribution < 1.29 is 9.90 Å². The Bertz CT molecular complexity index is 659. The molecule has 1 saturated heterocycles. The van der Waals surface area contributed by atoms with Crippen LogP contribution in [-0.4, -0.2) is 28.5 Å². The Morgan fingerprint density at radius 2 is 1.86 bits per heavy atom. The van der Waals surface area contributed by atoms with Crippen molar-refractivity contribution in [3.05, 3.63) is 64.7 Å². The van der Waals surface area contributed by atoms with Crippen molar-refractivity contribution >= 4 is 17.5 Å². The summed E-state index contributed by atoms with van der Waals surface area (Å²) in [6.45, 7) is 0.590. The van der Waals surface area contributed by atoms with Crippen molar-refractivity contribution in [2.45, 2.75) is 18.5 Å². The van der Waals surface area contributed by atoms with E-state index in [4.69, 9.17) is 17.3 Å². The van der Waals surface area contributed by atoms with Gasteiger partial charge in [0.1, 0.15) is 5.75 Å². The van der Waals surface area contributed by atoms with Gasteiger partial charge in [0.05, 0.1) is 12.1 Å². The maximum Gasteiger partial charge on any atom is 0.240 e. The first-order chi connectivity index (χ1) is 10.6. The molecule has 0 aromatic heterocycles. The molecule has 2 atom stereocenters. The first-order valence-electron chi connectivity index (χ1n) is 7.17. The summed E-state index contributed by atoms with van der Waals surface area (Å²) in [6.07, 6.45) is 0.634. The number of phenolic OH excluding ortho intramolecular Hbond substituents is 1. The first-order valence-corrected chi connectivity index (χ1v) is 7.54. The van der Waals surface area contributed by atoms with Crippen LogP contribution in [0.1, 0.15) is 23.6 Å². The van der Waals surface area contributed by atoms with Gasteiger partial charge in [0, 0.05) is 11.6 Å². The molecule has 114 valence electrons. The zero-order valence-corrected chi connectivity index (χ0v) is 12.7. The lowest BCUT2D eigenvalue weighted by Gasteiger charge is -2.29. The number of nitrogens with two attached hydrogens (primary N) is 1. The summed E-state index contributed by atoms with van der Waals surface area (Å²) in [5, 5.41) is 10.4. The van der Waals surface area contributed by atoms with E-state index < -0.39 is 6.04 Å². The fourth-order valence-electron chi connectivity index (χ4n) is 2.91. The molecule has 4 nitrogen and oxygen atoms in total. The fourth-order valence-corrected chi connectivity index (χ4v) is 3.10. The van der Waals surface area contributed by atoms with Gasteiger partial charge in [-0.25, -0.2) is 0 Å². The van der Waals surface area contributed by atoms with E-state index in [2.05, 4.69) is 0 Å². The molecule has 1 amide bonds. The van der Waals surface area contributed by atoms with E-state index in [1.54, 1.807) is 29.2 Å². The van der Waals surface area contributed by atoms with Gasteiger partial charge in [0.25, 0.3) is 0 Å². The SMILES string of the molecule is N[C@@H]1CCN([C@H](c2cccc(O)c2)c2cccc(Cl)c2)C1=O. The average molecular weight is 317 g/mol. The fraction of sp³-hybridized carbons (Fsp3) is 0.235. The number of carbonyl (C=O) groups is 1. The summed E-state index contributed by atoms with van der Waals surface area (Å²) < 4.78 is 0. The van der Waals surface area contributed by atoms with Gasteiger partial charge in [-0.15, -0.1) is 0 Å². The van der Waals surface area contributed by atoms with Crippen LogP contribution in [0.25, 0.3) is 0 Å². The molecule has 0 aliphatic carbocycles. The molecular weight excluding hydrogens is 300 g/mol. The van der Waals surface area contributed by atoms with Gasteiger partial charge >= 0.3 is 0 Å². The van der Waals surface area contributed by atoms with E-state index >= 15 is 0 Å². The predicted molar refractivity (Wildman–Crippen MR) is 85.7 cm³/mol. The highest BCUT2D eigenvalue weighted by molar-refractivity contribution is 6.30. The minimum absolute atomic E-state index is 0.0756. The molecule has 1 aliphatic heterocycles. The number of likely N-dealkylation sites (tertiary alicyclic amines) is 1. The zero-order valence-electron chi connectivity index (χ0n) is 11.9. The molecule has 3 rings (SSSR count). The quantitative estimate of drug-likeness (QED) is 0.915. The lowest BCUT2D eigenvalue weighted by atomic mass is 9.97. The van der Waals surface area contributed by atoms with E-state index in [0.717, 1.165) is 11.1 Å². The predicted octanol–water partition coefficient (Wildman–Crippen LogP) is 2.69. The summed E-state index contributed by atoms with van der Waals surface area (Å²) in [5.74, 6) is 0.0915. The second-order valence-corrected chi connectivity index (χ2v) is 5.92. The van der Waals surface area contributed by atoms with Crippen LogP contribution < -0.4 is 5.73 Å². The van der Waals surface area contributed by atoms with Gasteiger partial charge in [-0.3, -0.25) is 4.79 Å². The molecule has 2 aromatic carbocycles. The van der Waals surface area contributed by atoms with Crippen LogP contribution in [0, 0.1) is 0 Å². The average Bonchev–Trinajstić information content (AvgIpc) is 2.80. The molecule has 0 radical (unpaired) electrons. The smallest absolute Gasteiger partial charge is 0.240 e. The van der Waals surface area contributed by atoms with Crippen LogP contribution in [0.5, 0.6) is 5.75 Å². The standard InChI is InChI=1S/C17H17ClN2O2/c18-13-5-1-3-11(9-13)16(12-4-2-6-14(21)10-12)20-8-7-15(19)17(20)22/h1-6,9-10,15-16,21H,7-8,19H2/t15-,16+/m1/s1. The molecule has 0 bridgehead atoms. The Balaban J connectivity index is 2.08. The number of amides is 1. The third-order valence-corrected chi connectivity index (χ3v) is 4.18. The van der Waals surface area contributed by atoms with Gasteiger partial charge in [-0.1, -0.05) is 35.9 Å². The molecule has 3 N–H and O–H groups in total. The van der Waals surface area contributed by atoms with Crippen molar-refractivity contribution in [1.29, 1.82) is 0 Å². The van der Waals surface area contributed by atoms with E-state index in [1.165, 1.54) is 0 Å². The second-order valence-electron chi connectivity index (χ2n) is 5.48. The molecule has 1 fully saturated rings. The first kappa shape index (κ1) is 14.9. The molecule has 1 heterocycles. The number of hydrogen-bond donors (Lipinski definition) is 2. The monoisotopic (exact) mass is 316 g/mol. The molecular formula is C17H17ClN2O2. The van der Waals surface area contributed by atoms with Gasteiger partial charge in [0.2, 0.25) is 5.91 Å². The van der Waals surface area contributed by atoms with Crippen molar-refractivity contribution in [3.63, 3.8) is 0 Å². The number of aromatic hydroxyl groups is 1. The molecule has 2 aromatic rings. The van der Waals surface area contributed by atoms with Crippen LogP contribution in [-0.2, 0) is 4.79 Å². The van der Waals surface area contributed by atoms with Crippen molar-refractivity contribution in [1.82, 2.24) is 4.90 Å². The van der Waals surface area contributed by atoms with E-state index in [0.29, 0.717) is 18.0 Å². The Kier molecular flexibility index (Phi) is 4.05. The van der Waals surface area contributed by atoms with Crippen LogP contribution in [0.2, 0.25) is 5.02 Å². The Hall–Kier alpha value is -2.04. The molecule has 0 saturated carbocycles. The highest BCUT2D eigenvalue weighted by Gasteiger charge is 2.35. The highest BCUT2D eigenvalue weighted by Crippen LogP contribution is 2.34. The molecule has 22 heavy (non-hydrogen) atoms. The maximum atomic E-state index is 12.4.